The molecule has 0 radical (unpaired) electrons. The predicted molar refractivity (Wildman–Crippen MR) is 84.9 cm³/mol. The van der Waals surface area contributed by atoms with Crippen LogP contribution in [0.5, 0.6) is 0 Å². The van der Waals surface area contributed by atoms with Gasteiger partial charge in [-0.3, -0.25) is 9.59 Å². The highest BCUT2D eigenvalue weighted by Gasteiger charge is 2.14. The zero-order chi connectivity index (χ0) is 15.5. The van der Waals surface area contributed by atoms with Gasteiger partial charge >= 0.3 is 0 Å². The van der Waals surface area contributed by atoms with Gasteiger partial charge in [-0.2, -0.15) is 0 Å². The van der Waals surface area contributed by atoms with Crippen LogP contribution in [0.3, 0.4) is 0 Å². The standard InChI is InChI=1S/C16H12N2O3S/c17-15(19)14-8-11(9-22-14)18-16(20)13-7-6-12(21-13)10-4-2-1-3-5-10/h1-9H,(H2,17,19)(H,18,20). The molecule has 6 heteroatoms. The molecule has 0 aliphatic carbocycles. The lowest BCUT2D eigenvalue weighted by Crippen LogP contribution is -2.11. The summed E-state index contributed by atoms with van der Waals surface area (Å²) in [7, 11) is 0. The fraction of sp³-hybridized carbons (Fsp3) is 0. The number of anilines is 1. The van der Waals surface area contributed by atoms with Crippen molar-refractivity contribution < 1.29 is 14.0 Å². The molecule has 110 valence electrons. The molecule has 3 aromatic rings. The van der Waals surface area contributed by atoms with E-state index in [1.165, 1.54) is 17.4 Å². The molecule has 0 aliphatic heterocycles. The molecule has 5 nitrogen and oxygen atoms in total. The number of nitrogens with two attached hydrogens (primary N) is 1. The average Bonchev–Trinajstić information content (AvgIpc) is 3.17. The van der Waals surface area contributed by atoms with Crippen LogP contribution in [0.1, 0.15) is 20.2 Å². The quantitative estimate of drug-likeness (QED) is 0.774. The fourth-order valence-corrected chi connectivity index (χ4v) is 2.63. The Balaban J connectivity index is 1.75. The highest BCUT2D eigenvalue weighted by molar-refractivity contribution is 7.12. The SMILES string of the molecule is NC(=O)c1cc(NC(=O)c2ccc(-c3ccccc3)o2)cs1. The molecule has 0 atom stereocenters. The molecule has 0 unspecified atom stereocenters. The zero-order valence-electron chi connectivity index (χ0n) is 11.4. The van der Waals surface area contributed by atoms with E-state index in [9.17, 15) is 9.59 Å². The molecule has 3 rings (SSSR count). The second-order valence-corrected chi connectivity index (χ2v) is 5.46. The first-order valence-electron chi connectivity index (χ1n) is 6.48. The number of carbonyl (C=O) groups excluding carboxylic acids is 2. The highest BCUT2D eigenvalue weighted by atomic mass is 32.1. The van der Waals surface area contributed by atoms with Crippen molar-refractivity contribution >= 4 is 28.8 Å². The lowest BCUT2D eigenvalue weighted by Gasteiger charge is -1.99. The smallest absolute Gasteiger partial charge is 0.291 e. The van der Waals surface area contributed by atoms with Crippen LogP contribution in [0.15, 0.2) is 58.3 Å². The van der Waals surface area contributed by atoms with E-state index in [-0.39, 0.29) is 11.7 Å². The van der Waals surface area contributed by atoms with Gasteiger partial charge in [0.1, 0.15) is 5.76 Å². The van der Waals surface area contributed by atoms with Gasteiger partial charge in [0.25, 0.3) is 11.8 Å². The molecule has 22 heavy (non-hydrogen) atoms. The molecule has 2 amide bonds. The van der Waals surface area contributed by atoms with E-state index in [1.807, 2.05) is 30.3 Å². The van der Waals surface area contributed by atoms with Crippen molar-refractivity contribution in [1.29, 1.82) is 0 Å². The molecule has 2 heterocycles. The molecular formula is C16H12N2O3S. The van der Waals surface area contributed by atoms with Gasteiger partial charge in [-0.15, -0.1) is 11.3 Å². The number of amides is 2. The Bertz CT molecular complexity index is 821. The van der Waals surface area contributed by atoms with Gasteiger partial charge in [0.2, 0.25) is 0 Å². The molecule has 0 bridgehead atoms. The Kier molecular flexibility index (Phi) is 3.76. The molecule has 3 N–H and O–H groups in total. The molecule has 1 aromatic carbocycles. The van der Waals surface area contributed by atoms with Crippen LogP contribution in [0.4, 0.5) is 5.69 Å². The number of carbonyl (C=O) groups is 2. The Hall–Kier alpha value is -2.86. The van der Waals surface area contributed by atoms with Gasteiger partial charge in [-0.05, 0) is 18.2 Å². The average molecular weight is 312 g/mol. The number of hydrogen-bond donors (Lipinski definition) is 2. The Morgan fingerprint density at radius 3 is 2.55 bits per heavy atom. The minimum absolute atomic E-state index is 0.200. The zero-order valence-corrected chi connectivity index (χ0v) is 12.2. The first-order chi connectivity index (χ1) is 10.6. The van der Waals surface area contributed by atoms with E-state index in [4.69, 9.17) is 10.2 Å². The second-order valence-electron chi connectivity index (χ2n) is 4.55. The number of furan rings is 1. The van der Waals surface area contributed by atoms with Crippen molar-refractivity contribution in [2.45, 2.75) is 0 Å². The number of primary amides is 1. The summed E-state index contributed by atoms with van der Waals surface area (Å²) < 4.78 is 5.56. The van der Waals surface area contributed by atoms with Crippen LogP contribution in [0.2, 0.25) is 0 Å². The van der Waals surface area contributed by atoms with Crippen molar-refractivity contribution in [2.75, 3.05) is 5.32 Å². The number of thiophene rings is 1. The molecule has 2 aromatic heterocycles. The molecule has 0 aliphatic rings. The van der Waals surface area contributed by atoms with Gasteiger partial charge in [0.15, 0.2) is 5.76 Å². The monoisotopic (exact) mass is 312 g/mol. The summed E-state index contributed by atoms with van der Waals surface area (Å²) in [5, 5.41) is 4.32. The predicted octanol–water partition coefficient (Wildman–Crippen LogP) is 3.36. The van der Waals surface area contributed by atoms with Gasteiger partial charge in [0.05, 0.1) is 10.6 Å². The third-order valence-corrected chi connectivity index (χ3v) is 3.93. The lowest BCUT2D eigenvalue weighted by atomic mass is 10.2. The van der Waals surface area contributed by atoms with Crippen molar-refractivity contribution in [3.8, 4) is 11.3 Å². The number of rotatable bonds is 4. The summed E-state index contributed by atoms with van der Waals surface area (Å²) in [6.45, 7) is 0. The van der Waals surface area contributed by atoms with E-state index in [1.54, 1.807) is 17.5 Å². The van der Waals surface area contributed by atoms with Gasteiger partial charge in [-0.1, -0.05) is 30.3 Å². The fourth-order valence-electron chi connectivity index (χ4n) is 1.94. The van der Waals surface area contributed by atoms with E-state index >= 15 is 0 Å². The molecule has 0 spiro atoms. The lowest BCUT2D eigenvalue weighted by molar-refractivity contribution is 0.0990. The van der Waals surface area contributed by atoms with E-state index in [2.05, 4.69) is 5.32 Å². The molecule has 0 saturated carbocycles. The largest absolute Gasteiger partial charge is 0.451 e. The minimum atomic E-state index is -0.519. The third kappa shape index (κ3) is 2.91. The maximum absolute atomic E-state index is 12.1. The van der Waals surface area contributed by atoms with Gasteiger partial charge in [0, 0.05) is 10.9 Å². The Morgan fingerprint density at radius 1 is 1.09 bits per heavy atom. The van der Waals surface area contributed by atoms with Gasteiger partial charge in [-0.25, -0.2) is 0 Å². The van der Waals surface area contributed by atoms with Crippen molar-refractivity contribution in [3.63, 3.8) is 0 Å². The second kappa shape index (κ2) is 5.87. The van der Waals surface area contributed by atoms with E-state index in [0.717, 1.165) is 5.56 Å². The van der Waals surface area contributed by atoms with Crippen LogP contribution in [0.25, 0.3) is 11.3 Å². The maximum Gasteiger partial charge on any atom is 0.291 e. The van der Waals surface area contributed by atoms with Crippen molar-refractivity contribution in [1.82, 2.24) is 0 Å². The van der Waals surface area contributed by atoms with Crippen LogP contribution < -0.4 is 11.1 Å². The number of benzene rings is 1. The molecule has 0 fully saturated rings. The van der Waals surface area contributed by atoms with Crippen LogP contribution in [-0.2, 0) is 0 Å². The molecule has 0 saturated heterocycles. The van der Waals surface area contributed by atoms with Crippen LogP contribution in [-0.4, -0.2) is 11.8 Å². The third-order valence-electron chi connectivity index (χ3n) is 2.99. The first kappa shape index (κ1) is 14.1. The summed E-state index contributed by atoms with van der Waals surface area (Å²) >= 11 is 1.18. The highest BCUT2D eigenvalue weighted by Crippen LogP contribution is 2.23. The topological polar surface area (TPSA) is 85.3 Å². The summed E-state index contributed by atoms with van der Waals surface area (Å²) in [5.74, 6) is -0.0783. The summed E-state index contributed by atoms with van der Waals surface area (Å²) in [6, 6.07) is 14.4. The van der Waals surface area contributed by atoms with Crippen molar-refractivity contribution in [3.05, 3.63) is 64.5 Å². The molecular weight excluding hydrogens is 300 g/mol. The van der Waals surface area contributed by atoms with Crippen LogP contribution in [0, 0.1) is 0 Å². The number of hydrogen-bond acceptors (Lipinski definition) is 4. The first-order valence-corrected chi connectivity index (χ1v) is 7.36. The van der Waals surface area contributed by atoms with E-state index in [0.29, 0.717) is 16.3 Å². The summed E-state index contributed by atoms with van der Waals surface area (Å²) in [4.78, 5) is 23.5. The Morgan fingerprint density at radius 2 is 1.86 bits per heavy atom. The van der Waals surface area contributed by atoms with Crippen molar-refractivity contribution in [2.24, 2.45) is 5.73 Å². The van der Waals surface area contributed by atoms with E-state index < -0.39 is 5.91 Å². The van der Waals surface area contributed by atoms with Gasteiger partial charge < -0.3 is 15.5 Å². The summed E-state index contributed by atoms with van der Waals surface area (Å²) in [6.07, 6.45) is 0. The normalized spacial score (nSPS) is 10.4. The minimum Gasteiger partial charge on any atom is -0.451 e. The maximum atomic E-state index is 12.1. The summed E-state index contributed by atoms with van der Waals surface area (Å²) in [5.41, 5.74) is 6.59. The van der Waals surface area contributed by atoms with Crippen LogP contribution >= 0.6 is 11.3 Å². The Labute approximate surface area is 130 Å². The number of nitrogens with one attached hydrogen (secondary N) is 1.